The van der Waals surface area contributed by atoms with Gasteiger partial charge in [0, 0.05) is 42.9 Å². The third-order valence-corrected chi connectivity index (χ3v) is 11.9. The normalized spacial score (nSPS) is 11.7. The Hall–Kier alpha value is -5.39. The third-order valence-electron chi connectivity index (χ3n) is 9.86. The number of rotatable bonds is 6. The fourth-order valence-electron chi connectivity index (χ4n) is 7.41. The summed E-state index contributed by atoms with van der Waals surface area (Å²) in [6.07, 6.45) is 3.21. The Labute approximate surface area is 344 Å². The van der Waals surface area contributed by atoms with E-state index in [1.807, 2.05) is 54.6 Å². The minimum Gasteiger partial charge on any atom is -0.501 e. The standard InChI is InChI=1S/C31H19N2O.C19H26NSi.Ir/c1-2-11-21(12-3-1)22-13-4-7-18-27(22)33-28-19-8-6-17-26(28)32-31(33)25-16-10-15-24-23-14-5-9-20-29(23)34-30(24)25;1-19(2,3)13-16-12-17(15-10-8-7-9-11-15)20-14-18(16)21(4,5)6;/h1-15,17-20H;7-10,12,14H,13H2,1-6H3;/q2*-1;. The molecular weight excluding hydrogens is 879 g/mol. The molecule has 0 N–H and O–H groups in total. The summed E-state index contributed by atoms with van der Waals surface area (Å²) < 4.78 is 8.59. The van der Waals surface area contributed by atoms with Gasteiger partial charge in [-0.3, -0.25) is 4.98 Å². The summed E-state index contributed by atoms with van der Waals surface area (Å²) in [7, 11) is -1.37. The molecule has 0 aliphatic carbocycles. The van der Waals surface area contributed by atoms with Gasteiger partial charge in [-0.15, -0.1) is 54.1 Å². The molecular formula is C50H45IrN3OSi-2. The Bertz CT molecular complexity index is 2760. The Kier molecular flexibility index (Phi) is 11.1. The fourth-order valence-corrected chi connectivity index (χ4v) is 8.99. The Balaban J connectivity index is 0.000000190. The first-order valence-corrected chi connectivity index (χ1v) is 22.5. The van der Waals surface area contributed by atoms with Gasteiger partial charge >= 0.3 is 0 Å². The minimum atomic E-state index is -1.37. The molecule has 0 bridgehead atoms. The molecule has 0 saturated carbocycles. The summed E-state index contributed by atoms with van der Waals surface area (Å²) in [5, 5.41) is 3.65. The van der Waals surface area contributed by atoms with Crippen molar-refractivity contribution in [3.63, 3.8) is 0 Å². The monoisotopic (exact) mass is 924 g/mol. The predicted octanol–water partition coefficient (Wildman–Crippen LogP) is 12.7. The maximum atomic E-state index is 6.36. The molecule has 0 aliphatic rings. The van der Waals surface area contributed by atoms with Crippen molar-refractivity contribution >= 4 is 46.2 Å². The Morgan fingerprint density at radius 3 is 2.20 bits per heavy atom. The van der Waals surface area contributed by atoms with Crippen molar-refractivity contribution in [1.82, 2.24) is 14.5 Å². The minimum absolute atomic E-state index is 0. The molecule has 1 radical (unpaired) electrons. The molecule has 4 nitrogen and oxygen atoms in total. The van der Waals surface area contributed by atoms with E-state index in [0.29, 0.717) is 0 Å². The van der Waals surface area contributed by atoms with E-state index in [1.165, 1.54) is 10.8 Å². The van der Waals surface area contributed by atoms with Crippen LogP contribution in [-0.2, 0) is 26.5 Å². The van der Waals surface area contributed by atoms with E-state index in [1.54, 1.807) is 0 Å². The van der Waals surface area contributed by atoms with Crippen molar-refractivity contribution < 1.29 is 24.5 Å². The number of para-hydroxylation sites is 4. The molecule has 0 amide bonds. The van der Waals surface area contributed by atoms with Gasteiger partial charge in [0.1, 0.15) is 5.58 Å². The van der Waals surface area contributed by atoms with Gasteiger partial charge in [-0.1, -0.05) is 142 Å². The van der Waals surface area contributed by atoms with Crippen LogP contribution in [0.1, 0.15) is 26.3 Å². The SMILES string of the molecule is CC(C)(C)Cc1cc(-c2[c-]cccc2)ncc1[Si](C)(C)C.[Ir].[c-]1ccc2c(oc3ccccc32)c1-c1nc2ccccc2n1-c1ccccc1-c1ccccc1. The van der Waals surface area contributed by atoms with Gasteiger partial charge in [0.2, 0.25) is 0 Å². The van der Waals surface area contributed by atoms with Crippen LogP contribution in [0.4, 0.5) is 0 Å². The maximum Gasteiger partial charge on any atom is 0.120 e. The van der Waals surface area contributed by atoms with Crippen LogP contribution in [0.3, 0.4) is 0 Å². The summed E-state index contributed by atoms with van der Waals surface area (Å²) in [5.41, 5.74) is 11.7. The molecule has 0 atom stereocenters. The van der Waals surface area contributed by atoms with Crippen LogP contribution >= 0.6 is 0 Å². The molecule has 0 unspecified atom stereocenters. The first-order chi connectivity index (χ1) is 26.5. The van der Waals surface area contributed by atoms with E-state index in [4.69, 9.17) is 14.4 Å². The maximum absolute atomic E-state index is 6.36. The Morgan fingerprint density at radius 2 is 1.43 bits per heavy atom. The van der Waals surface area contributed by atoms with Gasteiger partial charge in [-0.25, -0.2) is 0 Å². The second kappa shape index (κ2) is 16.0. The summed E-state index contributed by atoms with van der Waals surface area (Å²) in [5.74, 6) is 0.814. The van der Waals surface area contributed by atoms with Crippen LogP contribution in [0.25, 0.3) is 72.4 Å². The molecule has 0 aliphatic heterocycles. The topological polar surface area (TPSA) is 43.9 Å². The molecule has 3 heterocycles. The van der Waals surface area contributed by atoms with Gasteiger partial charge in [-0.2, -0.15) is 0 Å². The number of furan rings is 1. The second-order valence-corrected chi connectivity index (χ2v) is 21.4. The second-order valence-electron chi connectivity index (χ2n) is 16.3. The van der Waals surface area contributed by atoms with E-state index in [9.17, 15) is 0 Å². The van der Waals surface area contributed by atoms with Crippen LogP contribution in [-0.4, -0.2) is 22.6 Å². The quantitative estimate of drug-likeness (QED) is 0.123. The number of pyridine rings is 1. The third kappa shape index (κ3) is 7.96. The van der Waals surface area contributed by atoms with Crippen molar-refractivity contribution in [1.29, 1.82) is 0 Å². The molecule has 6 heteroatoms. The van der Waals surface area contributed by atoms with Crippen LogP contribution in [0, 0.1) is 17.5 Å². The van der Waals surface area contributed by atoms with Crippen molar-refractivity contribution in [3.8, 4) is 39.5 Å². The zero-order valence-electron chi connectivity index (χ0n) is 32.7. The van der Waals surface area contributed by atoms with Crippen LogP contribution in [0.2, 0.25) is 19.6 Å². The van der Waals surface area contributed by atoms with Crippen molar-refractivity contribution in [2.24, 2.45) is 5.41 Å². The van der Waals surface area contributed by atoms with Crippen molar-refractivity contribution in [2.45, 2.75) is 46.8 Å². The first kappa shape index (κ1) is 38.9. The molecule has 56 heavy (non-hydrogen) atoms. The molecule has 9 rings (SSSR count). The fraction of sp³-hybridized carbons (Fsp3) is 0.160. The van der Waals surface area contributed by atoms with Gasteiger partial charge in [0.25, 0.3) is 0 Å². The number of aromatic nitrogens is 3. The number of hydrogen-bond donors (Lipinski definition) is 0. The van der Waals surface area contributed by atoms with E-state index >= 15 is 0 Å². The predicted molar refractivity (Wildman–Crippen MR) is 233 cm³/mol. The first-order valence-electron chi connectivity index (χ1n) is 19.0. The van der Waals surface area contributed by atoms with Gasteiger partial charge in [-0.05, 0) is 52.5 Å². The summed E-state index contributed by atoms with van der Waals surface area (Å²) in [6, 6.07) is 56.4. The van der Waals surface area contributed by atoms with Crippen molar-refractivity contribution in [3.05, 3.63) is 169 Å². The molecule has 0 fully saturated rings. The zero-order valence-corrected chi connectivity index (χ0v) is 36.1. The van der Waals surface area contributed by atoms with Gasteiger partial charge < -0.3 is 14.0 Å². The van der Waals surface area contributed by atoms with Gasteiger partial charge in [0.05, 0.1) is 30.5 Å². The van der Waals surface area contributed by atoms with Crippen LogP contribution < -0.4 is 5.19 Å². The molecule has 3 aromatic heterocycles. The number of benzene rings is 6. The molecule has 0 saturated heterocycles. The van der Waals surface area contributed by atoms with Crippen LogP contribution in [0.5, 0.6) is 0 Å². The zero-order chi connectivity index (χ0) is 38.2. The summed E-state index contributed by atoms with van der Waals surface area (Å²) >= 11 is 0. The molecule has 6 aromatic carbocycles. The summed E-state index contributed by atoms with van der Waals surface area (Å²) in [6.45, 7) is 14.1. The van der Waals surface area contributed by atoms with Gasteiger partial charge in [0.15, 0.2) is 0 Å². The largest absolute Gasteiger partial charge is 0.501 e. The molecule has 281 valence electrons. The average Bonchev–Trinajstić information content (AvgIpc) is 3.77. The van der Waals surface area contributed by atoms with Crippen molar-refractivity contribution in [2.75, 3.05) is 0 Å². The van der Waals surface area contributed by atoms with E-state index < -0.39 is 8.07 Å². The summed E-state index contributed by atoms with van der Waals surface area (Å²) in [4.78, 5) is 9.80. The number of hydrogen-bond acceptors (Lipinski definition) is 3. The Morgan fingerprint density at radius 1 is 0.714 bits per heavy atom. The molecule has 9 aromatic rings. The van der Waals surface area contributed by atoms with E-state index in [2.05, 4.69) is 154 Å². The van der Waals surface area contributed by atoms with E-state index in [0.717, 1.165) is 78.9 Å². The number of fused-ring (bicyclic) bond motifs is 4. The average molecular weight is 924 g/mol. The molecule has 0 spiro atoms. The van der Waals surface area contributed by atoms with E-state index in [-0.39, 0.29) is 25.5 Å². The number of nitrogens with zero attached hydrogens (tertiary/aromatic N) is 3. The van der Waals surface area contributed by atoms with Crippen LogP contribution in [0.15, 0.2) is 156 Å². The smallest absolute Gasteiger partial charge is 0.120 e. The number of imidazole rings is 1.